The van der Waals surface area contributed by atoms with Gasteiger partial charge in [0, 0.05) is 14.2 Å². The Labute approximate surface area is 172 Å². The Morgan fingerprint density at radius 1 is 1.22 bits per heavy atom. The lowest BCUT2D eigenvalue weighted by Gasteiger charge is -2.09. The highest BCUT2D eigenvalue weighted by molar-refractivity contribution is 14.1. The predicted molar refractivity (Wildman–Crippen MR) is 108 cm³/mol. The minimum Gasteiger partial charge on any atom is -0.482 e. The van der Waals surface area contributed by atoms with Crippen LogP contribution in [0.15, 0.2) is 53.4 Å². The summed E-state index contributed by atoms with van der Waals surface area (Å²) >= 11 is 3.67. The van der Waals surface area contributed by atoms with E-state index in [0.29, 0.717) is 11.5 Å². The summed E-state index contributed by atoms with van der Waals surface area (Å²) in [6.07, 6.45) is -2.39. The first kappa shape index (κ1) is 21.6. The van der Waals surface area contributed by atoms with E-state index >= 15 is 0 Å². The second kappa shape index (κ2) is 9.50. The third kappa shape index (κ3) is 6.76. The number of halogens is 4. The van der Waals surface area contributed by atoms with Crippen LogP contribution in [0.1, 0.15) is 16.7 Å². The van der Waals surface area contributed by atoms with Crippen LogP contribution >= 0.6 is 34.4 Å². The zero-order valence-electron chi connectivity index (χ0n) is 14.2. The maximum Gasteiger partial charge on any atom is 0.416 e. The summed E-state index contributed by atoms with van der Waals surface area (Å²) in [5.74, 6) is 0.140. The molecule has 2 aromatic carbocycles. The van der Waals surface area contributed by atoms with Crippen molar-refractivity contribution in [3.63, 3.8) is 0 Å². The van der Waals surface area contributed by atoms with Gasteiger partial charge in [0.2, 0.25) is 0 Å². The number of hydrogen-bond acceptors (Lipinski definition) is 3. The molecular weight excluding hydrogens is 492 g/mol. The van der Waals surface area contributed by atoms with Crippen LogP contribution in [0.5, 0.6) is 5.75 Å². The Balaban J connectivity index is 1.96. The van der Waals surface area contributed by atoms with Crippen LogP contribution < -0.4 is 4.74 Å². The number of thioether (sulfide) groups is 1. The van der Waals surface area contributed by atoms with Gasteiger partial charge in [-0.3, -0.25) is 0 Å². The molecule has 0 amide bonds. The van der Waals surface area contributed by atoms with Crippen molar-refractivity contribution in [2.24, 2.45) is 0 Å². The van der Waals surface area contributed by atoms with E-state index in [1.807, 2.05) is 25.1 Å². The zero-order chi connectivity index (χ0) is 20.0. The second-order valence-corrected chi connectivity index (χ2v) is 7.80. The van der Waals surface area contributed by atoms with E-state index in [1.54, 1.807) is 17.8 Å². The topological polar surface area (TPSA) is 46.5 Å². The number of carboxylic acid groups (broad SMARTS) is 1. The Morgan fingerprint density at radius 3 is 2.44 bits per heavy atom. The summed E-state index contributed by atoms with van der Waals surface area (Å²) in [4.78, 5) is 11.5. The molecule has 3 nitrogen and oxygen atoms in total. The van der Waals surface area contributed by atoms with Gasteiger partial charge in [0.05, 0.1) is 5.56 Å². The SMILES string of the molecule is Cc1cc(SC/C=C(/I)c2ccc(C(F)(F)F)cc2)ccc1OCC(=O)O. The highest BCUT2D eigenvalue weighted by Crippen LogP contribution is 2.32. The van der Waals surface area contributed by atoms with Crippen LogP contribution in [0, 0.1) is 6.92 Å². The highest BCUT2D eigenvalue weighted by Gasteiger charge is 2.29. The van der Waals surface area contributed by atoms with Crippen LogP contribution in [0.4, 0.5) is 13.2 Å². The fourth-order valence-electron chi connectivity index (χ4n) is 2.16. The van der Waals surface area contributed by atoms with E-state index in [4.69, 9.17) is 9.84 Å². The lowest BCUT2D eigenvalue weighted by molar-refractivity contribution is -0.139. The minimum atomic E-state index is -4.33. The van der Waals surface area contributed by atoms with Gasteiger partial charge in [-0.1, -0.05) is 18.2 Å². The first-order chi connectivity index (χ1) is 12.7. The molecule has 27 heavy (non-hydrogen) atoms. The Bertz CT molecular complexity index is 833. The molecule has 8 heteroatoms. The van der Waals surface area contributed by atoms with Crippen molar-refractivity contribution in [1.29, 1.82) is 0 Å². The molecule has 0 bridgehead atoms. The van der Waals surface area contributed by atoms with E-state index in [0.717, 1.165) is 31.7 Å². The van der Waals surface area contributed by atoms with Crippen molar-refractivity contribution in [3.05, 3.63) is 65.2 Å². The Hall–Kier alpha value is -1.68. The fourth-order valence-corrected chi connectivity index (χ4v) is 3.91. The van der Waals surface area contributed by atoms with Gasteiger partial charge in [-0.2, -0.15) is 13.2 Å². The molecule has 0 aromatic heterocycles. The number of benzene rings is 2. The van der Waals surface area contributed by atoms with E-state index in [-0.39, 0.29) is 6.61 Å². The molecular formula is C19H16F3IO3S. The van der Waals surface area contributed by atoms with Crippen LogP contribution in [-0.2, 0) is 11.0 Å². The summed E-state index contributed by atoms with van der Waals surface area (Å²) in [6.45, 7) is 1.45. The number of carbonyl (C=O) groups is 1. The van der Waals surface area contributed by atoms with Gasteiger partial charge in [0.1, 0.15) is 5.75 Å². The van der Waals surface area contributed by atoms with Crippen molar-refractivity contribution >= 4 is 43.9 Å². The molecule has 144 valence electrons. The monoisotopic (exact) mass is 508 g/mol. The molecule has 0 atom stereocenters. The molecule has 0 saturated heterocycles. The van der Waals surface area contributed by atoms with Gasteiger partial charge in [-0.05, 0) is 71.0 Å². The maximum atomic E-state index is 12.6. The standard InChI is InChI=1S/C19H16F3IO3S/c1-12-10-15(6-7-17(12)26-11-18(24)25)27-9-8-16(23)13-2-4-14(5-3-13)19(20,21)22/h2-8,10H,9,11H2,1H3,(H,24,25)/b16-8+. The molecule has 0 unspecified atom stereocenters. The molecule has 0 aliphatic carbocycles. The average molecular weight is 508 g/mol. The molecule has 0 saturated carbocycles. The van der Waals surface area contributed by atoms with E-state index in [1.165, 1.54) is 12.1 Å². The summed E-state index contributed by atoms with van der Waals surface area (Å²) < 4.78 is 43.9. The first-order valence-electron chi connectivity index (χ1n) is 7.78. The summed E-state index contributed by atoms with van der Waals surface area (Å²) in [7, 11) is 0. The quantitative estimate of drug-likeness (QED) is 0.366. The molecule has 1 N–H and O–H groups in total. The molecule has 0 aliphatic heterocycles. The third-order valence-corrected chi connectivity index (χ3v) is 5.48. The number of hydrogen-bond donors (Lipinski definition) is 1. The fraction of sp³-hybridized carbons (Fsp3) is 0.211. The molecule has 0 spiro atoms. The number of ether oxygens (including phenoxy) is 1. The lowest BCUT2D eigenvalue weighted by atomic mass is 10.1. The van der Waals surface area contributed by atoms with Gasteiger partial charge in [-0.15, -0.1) is 11.8 Å². The average Bonchev–Trinajstić information content (AvgIpc) is 2.60. The van der Waals surface area contributed by atoms with Gasteiger partial charge in [0.25, 0.3) is 0 Å². The number of carboxylic acids is 1. The summed E-state index contributed by atoms with van der Waals surface area (Å²) in [6, 6.07) is 10.6. The number of aryl methyl sites for hydroxylation is 1. The number of alkyl halides is 3. The third-order valence-electron chi connectivity index (χ3n) is 3.50. The summed E-state index contributed by atoms with van der Waals surface area (Å²) in [5.41, 5.74) is 0.908. The molecule has 0 fully saturated rings. The molecule has 2 aromatic rings. The van der Waals surface area contributed by atoms with Crippen molar-refractivity contribution in [1.82, 2.24) is 0 Å². The van der Waals surface area contributed by atoms with E-state index in [2.05, 4.69) is 22.6 Å². The molecule has 0 radical (unpaired) electrons. The van der Waals surface area contributed by atoms with E-state index < -0.39 is 17.7 Å². The Morgan fingerprint density at radius 2 is 1.89 bits per heavy atom. The van der Waals surface area contributed by atoms with Crippen LogP contribution in [-0.4, -0.2) is 23.4 Å². The number of rotatable bonds is 7. The van der Waals surface area contributed by atoms with Gasteiger partial charge in [-0.25, -0.2) is 4.79 Å². The smallest absolute Gasteiger partial charge is 0.416 e. The van der Waals surface area contributed by atoms with Crippen LogP contribution in [0.2, 0.25) is 0 Å². The minimum absolute atomic E-state index is 0.388. The molecule has 2 rings (SSSR count). The maximum absolute atomic E-state index is 12.6. The van der Waals surface area contributed by atoms with Crippen molar-refractivity contribution in [2.75, 3.05) is 12.4 Å². The second-order valence-electron chi connectivity index (χ2n) is 5.55. The lowest BCUT2D eigenvalue weighted by Crippen LogP contribution is -2.09. The van der Waals surface area contributed by atoms with Gasteiger partial charge in [0.15, 0.2) is 6.61 Å². The van der Waals surface area contributed by atoms with Gasteiger partial charge < -0.3 is 9.84 Å². The van der Waals surface area contributed by atoms with Crippen molar-refractivity contribution in [2.45, 2.75) is 18.0 Å². The largest absolute Gasteiger partial charge is 0.482 e. The molecule has 0 heterocycles. The van der Waals surface area contributed by atoms with Crippen LogP contribution in [0.3, 0.4) is 0 Å². The Kier molecular flexibility index (Phi) is 7.60. The highest BCUT2D eigenvalue weighted by atomic mass is 127. The van der Waals surface area contributed by atoms with Crippen LogP contribution in [0.25, 0.3) is 3.58 Å². The first-order valence-corrected chi connectivity index (χ1v) is 9.84. The molecule has 0 aliphatic rings. The predicted octanol–water partition coefficient (Wildman–Crippen LogP) is 6.05. The number of aliphatic carboxylic acids is 1. The van der Waals surface area contributed by atoms with E-state index in [9.17, 15) is 18.0 Å². The normalized spacial score (nSPS) is 12.1. The van der Waals surface area contributed by atoms with Gasteiger partial charge >= 0.3 is 12.1 Å². The zero-order valence-corrected chi connectivity index (χ0v) is 17.2. The van der Waals surface area contributed by atoms with Crippen molar-refractivity contribution in [3.8, 4) is 5.75 Å². The summed E-state index contributed by atoms with van der Waals surface area (Å²) in [5, 5.41) is 8.65. The van der Waals surface area contributed by atoms with Crippen molar-refractivity contribution < 1.29 is 27.8 Å².